The Labute approximate surface area is 127 Å². The maximum absolute atomic E-state index is 4.46. The summed E-state index contributed by atoms with van der Waals surface area (Å²) in [6.07, 6.45) is 1.71. The summed E-state index contributed by atoms with van der Waals surface area (Å²) in [5, 5.41) is 12.7. The van der Waals surface area contributed by atoms with Crippen LogP contribution in [0, 0.1) is 13.8 Å². The molecule has 21 heavy (non-hydrogen) atoms. The van der Waals surface area contributed by atoms with Crippen molar-refractivity contribution >= 4 is 17.0 Å². The predicted octanol–water partition coefficient (Wildman–Crippen LogP) is 3.17. The molecule has 0 spiro atoms. The standard InChI is InChI=1S/C15H17N5S/c1-10-14(21-11(2)18-10)8-16-13-7-5-4-6-12(13)15-19-17-9-20(15)3/h4-7,9,16H,8H2,1-3H3. The van der Waals surface area contributed by atoms with Crippen molar-refractivity contribution in [2.75, 3.05) is 5.32 Å². The Kier molecular flexibility index (Phi) is 3.70. The number of hydrogen-bond acceptors (Lipinski definition) is 5. The highest BCUT2D eigenvalue weighted by Gasteiger charge is 2.11. The van der Waals surface area contributed by atoms with Crippen molar-refractivity contribution in [2.24, 2.45) is 7.05 Å². The lowest BCUT2D eigenvalue weighted by molar-refractivity contribution is 0.919. The highest BCUT2D eigenvalue weighted by molar-refractivity contribution is 7.11. The van der Waals surface area contributed by atoms with Crippen LogP contribution in [0.2, 0.25) is 0 Å². The van der Waals surface area contributed by atoms with Gasteiger partial charge in [0.25, 0.3) is 0 Å². The number of nitrogens with one attached hydrogen (secondary N) is 1. The molecule has 0 bridgehead atoms. The molecule has 1 aromatic carbocycles. The van der Waals surface area contributed by atoms with Crippen molar-refractivity contribution in [2.45, 2.75) is 20.4 Å². The molecule has 0 saturated carbocycles. The molecule has 108 valence electrons. The lowest BCUT2D eigenvalue weighted by Crippen LogP contribution is -2.02. The van der Waals surface area contributed by atoms with E-state index in [2.05, 4.69) is 39.6 Å². The van der Waals surface area contributed by atoms with Gasteiger partial charge < -0.3 is 9.88 Å². The molecular formula is C15H17N5S. The van der Waals surface area contributed by atoms with Crippen LogP contribution < -0.4 is 5.32 Å². The largest absolute Gasteiger partial charge is 0.379 e. The van der Waals surface area contributed by atoms with Gasteiger partial charge in [-0.3, -0.25) is 0 Å². The maximum atomic E-state index is 4.46. The molecule has 0 aliphatic rings. The van der Waals surface area contributed by atoms with Crippen molar-refractivity contribution in [3.63, 3.8) is 0 Å². The second-order valence-electron chi connectivity index (χ2n) is 4.91. The van der Waals surface area contributed by atoms with Gasteiger partial charge in [-0.1, -0.05) is 12.1 Å². The summed E-state index contributed by atoms with van der Waals surface area (Å²) in [5.41, 5.74) is 3.21. The molecule has 0 radical (unpaired) electrons. The smallest absolute Gasteiger partial charge is 0.165 e. The topological polar surface area (TPSA) is 55.6 Å². The van der Waals surface area contributed by atoms with Gasteiger partial charge in [-0.05, 0) is 26.0 Å². The summed E-state index contributed by atoms with van der Waals surface area (Å²) >= 11 is 1.73. The zero-order valence-corrected chi connectivity index (χ0v) is 13.1. The zero-order valence-electron chi connectivity index (χ0n) is 12.3. The van der Waals surface area contributed by atoms with E-state index in [0.717, 1.165) is 34.3 Å². The Morgan fingerprint density at radius 2 is 2.05 bits per heavy atom. The van der Waals surface area contributed by atoms with E-state index in [4.69, 9.17) is 0 Å². The Balaban J connectivity index is 1.86. The number of thiazole rings is 1. The number of aromatic nitrogens is 4. The molecule has 3 rings (SSSR count). The number of benzene rings is 1. The van der Waals surface area contributed by atoms with Crippen LogP contribution >= 0.6 is 11.3 Å². The van der Waals surface area contributed by atoms with E-state index in [0.29, 0.717) is 0 Å². The Bertz CT molecular complexity index is 759. The van der Waals surface area contributed by atoms with Gasteiger partial charge in [0.1, 0.15) is 6.33 Å². The fourth-order valence-corrected chi connectivity index (χ4v) is 3.15. The van der Waals surface area contributed by atoms with E-state index in [1.165, 1.54) is 4.88 Å². The van der Waals surface area contributed by atoms with Crippen LogP contribution in [0.5, 0.6) is 0 Å². The third kappa shape index (κ3) is 2.80. The molecule has 2 aromatic heterocycles. The highest BCUT2D eigenvalue weighted by Crippen LogP contribution is 2.27. The van der Waals surface area contributed by atoms with E-state index >= 15 is 0 Å². The minimum atomic E-state index is 0.770. The Morgan fingerprint density at radius 1 is 1.24 bits per heavy atom. The molecule has 0 saturated heterocycles. The van der Waals surface area contributed by atoms with Crippen LogP contribution in [0.15, 0.2) is 30.6 Å². The third-order valence-corrected chi connectivity index (χ3v) is 4.39. The second-order valence-corrected chi connectivity index (χ2v) is 6.19. The Hall–Kier alpha value is -2.21. The average molecular weight is 299 g/mol. The average Bonchev–Trinajstić information content (AvgIpc) is 3.02. The molecule has 0 fully saturated rings. The molecular weight excluding hydrogens is 282 g/mol. The first kappa shape index (κ1) is 13.8. The number of nitrogens with zero attached hydrogens (tertiary/aromatic N) is 4. The molecule has 3 aromatic rings. The summed E-state index contributed by atoms with van der Waals surface area (Å²) < 4.78 is 1.92. The van der Waals surface area contributed by atoms with E-state index < -0.39 is 0 Å². The van der Waals surface area contributed by atoms with Gasteiger partial charge in [0, 0.05) is 23.2 Å². The number of hydrogen-bond donors (Lipinski definition) is 1. The number of rotatable bonds is 4. The van der Waals surface area contributed by atoms with Crippen molar-refractivity contribution in [1.82, 2.24) is 19.7 Å². The van der Waals surface area contributed by atoms with Crippen LogP contribution in [0.4, 0.5) is 5.69 Å². The van der Waals surface area contributed by atoms with E-state index in [9.17, 15) is 0 Å². The second kappa shape index (κ2) is 5.65. The van der Waals surface area contributed by atoms with Gasteiger partial charge in [-0.2, -0.15) is 0 Å². The molecule has 0 aliphatic carbocycles. The molecule has 6 heteroatoms. The van der Waals surface area contributed by atoms with E-state index in [1.54, 1.807) is 17.7 Å². The molecule has 0 unspecified atom stereocenters. The van der Waals surface area contributed by atoms with Gasteiger partial charge >= 0.3 is 0 Å². The monoisotopic (exact) mass is 299 g/mol. The quantitative estimate of drug-likeness (QED) is 0.804. The SMILES string of the molecule is Cc1nc(C)c(CNc2ccccc2-c2nncn2C)s1. The molecule has 1 N–H and O–H groups in total. The molecule has 2 heterocycles. The number of aryl methyl sites for hydroxylation is 3. The summed E-state index contributed by atoms with van der Waals surface area (Å²) in [5.74, 6) is 0.857. The third-order valence-electron chi connectivity index (χ3n) is 3.32. The van der Waals surface area contributed by atoms with Crippen LogP contribution in [0.25, 0.3) is 11.4 Å². The summed E-state index contributed by atoms with van der Waals surface area (Å²) in [4.78, 5) is 5.73. The van der Waals surface area contributed by atoms with Gasteiger partial charge in [0.2, 0.25) is 0 Å². The summed E-state index contributed by atoms with van der Waals surface area (Å²) in [7, 11) is 1.95. The molecule has 0 amide bonds. The van der Waals surface area contributed by atoms with Crippen LogP contribution in [-0.4, -0.2) is 19.7 Å². The molecule has 5 nitrogen and oxygen atoms in total. The van der Waals surface area contributed by atoms with Gasteiger partial charge in [0.15, 0.2) is 5.82 Å². The van der Waals surface area contributed by atoms with Gasteiger partial charge in [0.05, 0.1) is 17.2 Å². The minimum Gasteiger partial charge on any atom is -0.379 e. The zero-order chi connectivity index (χ0) is 14.8. The number of para-hydroxylation sites is 1. The first-order chi connectivity index (χ1) is 10.1. The summed E-state index contributed by atoms with van der Waals surface area (Å²) in [6.45, 7) is 4.86. The number of anilines is 1. The van der Waals surface area contributed by atoms with E-state index in [-0.39, 0.29) is 0 Å². The van der Waals surface area contributed by atoms with Crippen molar-refractivity contribution in [1.29, 1.82) is 0 Å². The van der Waals surface area contributed by atoms with Crippen LogP contribution in [0.1, 0.15) is 15.6 Å². The fraction of sp³-hybridized carbons (Fsp3) is 0.267. The lowest BCUT2D eigenvalue weighted by Gasteiger charge is -2.11. The maximum Gasteiger partial charge on any atom is 0.165 e. The highest BCUT2D eigenvalue weighted by atomic mass is 32.1. The van der Waals surface area contributed by atoms with Crippen LogP contribution in [-0.2, 0) is 13.6 Å². The minimum absolute atomic E-state index is 0.770. The first-order valence-electron chi connectivity index (χ1n) is 6.75. The summed E-state index contributed by atoms with van der Waals surface area (Å²) in [6, 6.07) is 8.15. The molecule has 0 atom stereocenters. The van der Waals surface area contributed by atoms with Crippen molar-refractivity contribution in [3.05, 3.63) is 46.2 Å². The van der Waals surface area contributed by atoms with Gasteiger partial charge in [-0.25, -0.2) is 4.98 Å². The lowest BCUT2D eigenvalue weighted by atomic mass is 10.1. The van der Waals surface area contributed by atoms with Crippen LogP contribution in [0.3, 0.4) is 0 Å². The van der Waals surface area contributed by atoms with E-state index in [1.807, 2.05) is 30.7 Å². The van der Waals surface area contributed by atoms with Gasteiger partial charge in [-0.15, -0.1) is 21.5 Å². The molecule has 0 aliphatic heterocycles. The first-order valence-corrected chi connectivity index (χ1v) is 7.57. The van der Waals surface area contributed by atoms with Crippen molar-refractivity contribution < 1.29 is 0 Å². The Morgan fingerprint density at radius 3 is 2.71 bits per heavy atom. The normalized spacial score (nSPS) is 10.8. The fourth-order valence-electron chi connectivity index (χ4n) is 2.27. The van der Waals surface area contributed by atoms with Crippen molar-refractivity contribution in [3.8, 4) is 11.4 Å². The predicted molar refractivity (Wildman–Crippen MR) is 85.4 cm³/mol.